The van der Waals surface area contributed by atoms with Gasteiger partial charge in [0, 0.05) is 42.4 Å². The van der Waals surface area contributed by atoms with E-state index in [2.05, 4.69) is 23.1 Å². The molecular formula is C23H18N6O2S. The standard InChI is InChI=1S/C23H18N6O2S/c24-10-17-16-8-9-28(11-15-4-2-1-3-5-15)12-18(16)21(23(13-25,14-26)22(17)27)19-6-7-20(32-19)29(30)31/h1-8,18,21H,9,11-12,27H2/t18-,21-/m0/s1. The third kappa shape index (κ3) is 3.33. The van der Waals surface area contributed by atoms with Gasteiger partial charge in [-0.15, -0.1) is 0 Å². The first-order valence-corrected chi connectivity index (χ1v) is 10.7. The third-order valence-corrected chi connectivity index (χ3v) is 7.21. The molecule has 4 rings (SSSR count). The zero-order valence-corrected chi connectivity index (χ0v) is 17.7. The fourth-order valence-corrected chi connectivity index (χ4v) is 5.68. The number of nitriles is 3. The maximum atomic E-state index is 11.3. The molecular weight excluding hydrogens is 424 g/mol. The largest absolute Gasteiger partial charge is 0.399 e. The number of rotatable bonds is 4. The molecule has 1 aliphatic heterocycles. The van der Waals surface area contributed by atoms with Gasteiger partial charge in [0.1, 0.15) is 6.07 Å². The predicted octanol–water partition coefficient (Wildman–Crippen LogP) is 3.58. The molecule has 1 aliphatic carbocycles. The van der Waals surface area contributed by atoms with E-state index in [1.165, 1.54) is 6.07 Å². The lowest BCUT2D eigenvalue weighted by Crippen LogP contribution is -2.47. The second kappa shape index (κ2) is 8.28. The number of hydrogen-bond donors (Lipinski definition) is 1. The molecule has 0 bridgehead atoms. The lowest BCUT2D eigenvalue weighted by Gasteiger charge is -2.45. The van der Waals surface area contributed by atoms with E-state index in [4.69, 9.17) is 5.73 Å². The predicted molar refractivity (Wildman–Crippen MR) is 117 cm³/mol. The van der Waals surface area contributed by atoms with E-state index in [0.717, 1.165) is 16.9 Å². The molecule has 0 spiro atoms. The summed E-state index contributed by atoms with van der Waals surface area (Å²) in [6.45, 7) is 1.73. The van der Waals surface area contributed by atoms with Crippen molar-refractivity contribution in [1.82, 2.24) is 4.90 Å². The van der Waals surface area contributed by atoms with Crippen LogP contribution in [0.4, 0.5) is 5.00 Å². The lowest BCUT2D eigenvalue weighted by molar-refractivity contribution is -0.380. The first-order valence-electron chi connectivity index (χ1n) is 9.88. The topological polar surface area (TPSA) is 144 Å². The molecule has 9 heteroatoms. The molecule has 158 valence electrons. The van der Waals surface area contributed by atoms with Gasteiger partial charge in [-0.3, -0.25) is 15.0 Å². The smallest absolute Gasteiger partial charge is 0.324 e. The summed E-state index contributed by atoms with van der Waals surface area (Å²) in [6.07, 6.45) is 1.93. The van der Waals surface area contributed by atoms with Crippen molar-refractivity contribution in [3.8, 4) is 18.2 Å². The molecule has 32 heavy (non-hydrogen) atoms. The minimum atomic E-state index is -1.79. The molecule has 0 fully saturated rings. The van der Waals surface area contributed by atoms with Gasteiger partial charge in [0.25, 0.3) is 0 Å². The van der Waals surface area contributed by atoms with Crippen LogP contribution >= 0.6 is 11.3 Å². The number of thiophene rings is 1. The summed E-state index contributed by atoms with van der Waals surface area (Å²) in [4.78, 5) is 13.5. The van der Waals surface area contributed by atoms with Crippen molar-refractivity contribution in [2.45, 2.75) is 12.5 Å². The number of benzene rings is 1. The Morgan fingerprint density at radius 3 is 2.50 bits per heavy atom. The highest BCUT2D eigenvalue weighted by Gasteiger charge is 2.55. The Labute approximate surface area is 188 Å². The Bertz CT molecular complexity index is 1240. The van der Waals surface area contributed by atoms with Crippen molar-refractivity contribution in [3.05, 3.63) is 85.9 Å². The number of nitrogens with zero attached hydrogens (tertiary/aromatic N) is 5. The van der Waals surface area contributed by atoms with Crippen LogP contribution in [0.5, 0.6) is 0 Å². The SMILES string of the molecule is N#CC1=C(N)C(C#N)(C#N)[C@H](c2ccc([N+](=O)[O-])s2)[C@H]2CN(Cc3ccccc3)CC=C12. The van der Waals surface area contributed by atoms with Crippen molar-refractivity contribution in [2.24, 2.45) is 17.1 Å². The van der Waals surface area contributed by atoms with E-state index in [0.29, 0.717) is 30.1 Å². The van der Waals surface area contributed by atoms with Gasteiger partial charge in [-0.05, 0) is 17.2 Å². The average molecular weight is 443 g/mol. The summed E-state index contributed by atoms with van der Waals surface area (Å²) in [7, 11) is 0. The molecule has 0 radical (unpaired) electrons. The molecule has 0 unspecified atom stereocenters. The zero-order valence-electron chi connectivity index (χ0n) is 16.9. The molecule has 0 saturated heterocycles. The number of nitrogens with two attached hydrogens (primary N) is 1. The maximum absolute atomic E-state index is 11.3. The fourth-order valence-electron chi connectivity index (χ4n) is 4.62. The Morgan fingerprint density at radius 2 is 1.91 bits per heavy atom. The van der Waals surface area contributed by atoms with Crippen LogP contribution in [0.15, 0.2) is 65.4 Å². The fraction of sp³-hybridized carbons (Fsp3) is 0.261. The van der Waals surface area contributed by atoms with E-state index in [1.54, 1.807) is 6.07 Å². The summed E-state index contributed by atoms with van der Waals surface area (Å²) < 4.78 is 0. The first kappa shape index (κ1) is 21.3. The van der Waals surface area contributed by atoms with E-state index in [1.807, 2.05) is 36.4 Å². The van der Waals surface area contributed by atoms with Crippen LogP contribution in [0.25, 0.3) is 0 Å². The van der Waals surface area contributed by atoms with E-state index >= 15 is 0 Å². The summed E-state index contributed by atoms with van der Waals surface area (Å²) in [5.41, 5.74) is 6.40. The minimum absolute atomic E-state index is 0.0686. The maximum Gasteiger partial charge on any atom is 0.324 e. The lowest BCUT2D eigenvalue weighted by atomic mass is 9.59. The molecule has 2 atom stereocenters. The Morgan fingerprint density at radius 1 is 1.19 bits per heavy atom. The monoisotopic (exact) mass is 442 g/mol. The summed E-state index contributed by atoms with van der Waals surface area (Å²) >= 11 is 0.944. The molecule has 2 heterocycles. The van der Waals surface area contributed by atoms with Crippen LogP contribution in [-0.4, -0.2) is 22.9 Å². The molecule has 8 nitrogen and oxygen atoms in total. The highest BCUT2D eigenvalue weighted by Crippen LogP contribution is 2.55. The Kier molecular flexibility index (Phi) is 5.50. The highest BCUT2D eigenvalue weighted by atomic mass is 32.1. The molecule has 0 amide bonds. The van der Waals surface area contributed by atoms with Crippen LogP contribution < -0.4 is 5.73 Å². The van der Waals surface area contributed by atoms with Crippen LogP contribution in [0.1, 0.15) is 16.4 Å². The van der Waals surface area contributed by atoms with Crippen LogP contribution in [0.2, 0.25) is 0 Å². The molecule has 2 aromatic rings. The van der Waals surface area contributed by atoms with Gasteiger partial charge in [0.2, 0.25) is 0 Å². The van der Waals surface area contributed by atoms with Crippen molar-refractivity contribution in [1.29, 1.82) is 15.8 Å². The van der Waals surface area contributed by atoms with E-state index in [9.17, 15) is 25.9 Å². The van der Waals surface area contributed by atoms with Crippen molar-refractivity contribution >= 4 is 16.3 Å². The quantitative estimate of drug-likeness (QED) is 0.563. The Balaban J connectivity index is 1.84. The molecule has 2 aliphatic rings. The van der Waals surface area contributed by atoms with Gasteiger partial charge in [-0.1, -0.05) is 47.7 Å². The number of nitro groups is 1. The second-order valence-electron chi connectivity index (χ2n) is 7.79. The Hall–Kier alpha value is -3.97. The number of allylic oxidation sites excluding steroid dienone is 2. The second-order valence-corrected chi connectivity index (χ2v) is 8.88. The first-order chi connectivity index (χ1) is 15.4. The zero-order chi connectivity index (χ0) is 22.9. The molecule has 1 aromatic heterocycles. The van der Waals surface area contributed by atoms with Gasteiger partial charge < -0.3 is 5.73 Å². The van der Waals surface area contributed by atoms with Gasteiger partial charge in [0.05, 0.1) is 28.3 Å². The molecule has 1 aromatic carbocycles. The third-order valence-electron chi connectivity index (χ3n) is 6.09. The summed E-state index contributed by atoms with van der Waals surface area (Å²) in [5, 5.41) is 41.2. The number of hydrogen-bond acceptors (Lipinski definition) is 8. The van der Waals surface area contributed by atoms with Crippen LogP contribution in [0, 0.1) is 55.4 Å². The highest BCUT2D eigenvalue weighted by molar-refractivity contribution is 7.15. The van der Waals surface area contributed by atoms with Crippen molar-refractivity contribution in [2.75, 3.05) is 13.1 Å². The molecule has 2 N–H and O–H groups in total. The van der Waals surface area contributed by atoms with E-state index < -0.39 is 16.3 Å². The van der Waals surface area contributed by atoms with Crippen LogP contribution in [-0.2, 0) is 6.54 Å². The van der Waals surface area contributed by atoms with Gasteiger partial charge in [-0.25, -0.2) is 0 Å². The van der Waals surface area contributed by atoms with Gasteiger partial charge in [-0.2, -0.15) is 15.8 Å². The molecule has 0 saturated carbocycles. The van der Waals surface area contributed by atoms with Crippen LogP contribution in [0.3, 0.4) is 0 Å². The van der Waals surface area contributed by atoms with Gasteiger partial charge >= 0.3 is 5.00 Å². The normalized spacial score (nSPS) is 22.1. The van der Waals surface area contributed by atoms with Crippen molar-refractivity contribution < 1.29 is 4.92 Å². The van der Waals surface area contributed by atoms with E-state index in [-0.39, 0.29) is 22.2 Å². The summed E-state index contributed by atoms with van der Waals surface area (Å²) in [6, 6.07) is 19.1. The van der Waals surface area contributed by atoms with Gasteiger partial charge in [0.15, 0.2) is 5.41 Å². The van der Waals surface area contributed by atoms with Crippen molar-refractivity contribution in [3.63, 3.8) is 0 Å². The number of fused-ring (bicyclic) bond motifs is 1. The minimum Gasteiger partial charge on any atom is -0.399 e. The average Bonchev–Trinajstić information content (AvgIpc) is 3.29. The summed E-state index contributed by atoms with van der Waals surface area (Å²) in [5.74, 6) is -1.11.